The molecule has 0 radical (unpaired) electrons. The van der Waals surface area contributed by atoms with Crippen molar-refractivity contribution in [2.75, 3.05) is 0 Å². The minimum Gasteiger partial charge on any atom is -0.345 e. The van der Waals surface area contributed by atoms with Crippen molar-refractivity contribution in [3.05, 3.63) is 65.4 Å². The predicted octanol–water partition coefficient (Wildman–Crippen LogP) is 4.78. The molecule has 25 heavy (non-hydrogen) atoms. The summed E-state index contributed by atoms with van der Waals surface area (Å²) in [4.78, 5) is 12.7. The Bertz CT molecular complexity index is 850. The van der Waals surface area contributed by atoms with Crippen LogP contribution < -0.4 is 5.32 Å². The highest BCUT2D eigenvalue weighted by molar-refractivity contribution is 5.98. The highest BCUT2D eigenvalue weighted by Gasteiger charge is 2.33. The number of carbonyl (C=O) groups excluding carboxylic acids is 1. The second kappa shape index (κ2) is 7.51. The first kappa shape index (κ1) is 17.2. The van der Waals surface area contributed by atoms with Gasteiger partial charge in [0.25, 0.3) is 5.91 Å². The molecule has 1 atom stereocenters. The number of aromatic amines is 1. The summed E-state index contributed by atoms with van der Waals surface area (Å²) in [6.45, 7) is 5.97. The van der Waals surface area contributed by atoms with Crippen molar-refractivity contribution in [1.82, 2.24) is 15.5 Å². The van der Waals surface area contributed by atoms with Crippen molar-refractivity contribution in [3.8, 4) is 0 Å². The lowest BCUT2D eigenvalue weighted by Gasteiger charge is -2.19. The summed E-state index contributed by atoms with van der Waals surface area (Å²) in [5.74, 6) is 0.536. The fourth-order valence-electron chi connectivity index (χ4n) is 3.07. The molecule has 130 valence electrons. The Morgan fingerprint density at radius 1 is 1.16 bits per heavy atom. The van der Waals surface area contributed by atoms with Gasteiger partial charge in [0, 0.05) is 16.6 Å². The van der Waals surface area contributed by atoms with E-state index in [4.69, 9.17) is 0 Å². The summed E-state index contributed by atoms with van der Waals surface area (Å²) in [7, 11) is 0. The molecule has 0 saturated heterocycles. The van der Waals surface area contributed by atoms with Crippen molar-refractivity contribution in [3.63, 3.8) is 0 Å². The maximum atomic E-state index is 12.7. The van der Waals surface area contributed by atoms with Crippen LogP contribution >= 0.6 is 0 Å². The number of aryl methyl sites for hydroxylation is 1. The van der Waals surface area contributed by atoms with Crippen molar-refractivity contribution >= 4 is 16.8 Å². The molecule has 1 aromatic heterocycles. The number of nitrogens with zero attached hydrogens (tertiary/aromatic N) is 1. The Kier molecular flexibility index (Phi) is 5.17. The molecular formula is C21H25N3O. The van der Waals surface area contributed by atoms with Crippen LogP contribution in [0.25, 0.3) is 10.9 Å². The van der Waals surface area contributed by atoms with Crippen LogP contribution in [0.3, 0.4) is 0 Å². The lowest BCUT2D eigenvalue weighted by atomic mass is 10.0. The maximum absolute atomic E-state index is 12.7. The molecule has 1 heterocycles. The second-order valence-electron chi connectivity index (χ2n) is 6.28. The van der Waals surface area contributed by atoms with Crippen LogP contribution in [-0.2, 0) is 0 Å². The molecular weight excluding hydrogens is 310 g/mol. The topological polar surface area (TPSA) is 57.8 Å². The lowest BCUT2D eigenvalue weighted by Crippen LogP contribution is -2.29. The van der Waals surface area contributed by atoms with E-state index in [1.165, 1.54) is 18.4 Å². The summed E-state index contributed by atoms with van der Waals surface area (Å²) in [5.41, 5.74) is 3.74. The average molecular weight is 335 g/mol. The Hall–Kier alpha value is -2.62. The number of benzene rings is 2. The number of fused-ring (bicyclic) bond motifs is 1. The summed E-state index contributed by atoms with van der Waals surface area (Å²) in [5, 5.41) is 11.4. The van der Waals surface area contributed by atoms with Gasteiger partial charge >= 0.3 is 0 Å². The van der Waals surface area contributed by atoms with E-state index >= 15 is 0 Å². The molecule has 1 unspecified atom stereocenters. The average Bonchev–Trinajstić information content (AvgIpc) is 3.45. The normalized spacial score (nSPS) is 14.5. The molecule has 1 fully saturated rings. The highest BCUT2D eigenvalue weighted by atomic mass is 16.1. The number of carbonyl (C=O) groups is 1. The SMILES string of the molecule is CC.Cc1[nH]nc2ccc(C(=O)NC(c3ccccc3)C3CC3)cc12. The van der Waals surface area contributed by atoms with Crippen LogP contribution in [0.2, 0.25) is 0 Å². The van der Waals surface area contributed by atoms with Gasteiger partial charge in [0.1, 0.15) is 0 Å². The van der Waals surface area contributed by atoms with Crippen LogP contribution in [0.1, 0.15) is 54.3 Å². The van der Waals surface area contributed by atoms with Gasteiger partial charge in [-0.25, -0.2) is 0 Å². The third-order valence-corrected chi connectivity index (χ3v) is 4.55. The number of hydrogen-bond donors (Lipinski definition) is 2. The fourth-order valence-corrected chi connectivity index (χ4v) is 3.07. The Labute approximate surface area is 148 Å². The molecule has 1 amide bonds. The quantitative estimate of drug-likeness (QED) is 0.721. The monoisotopic (exact) mass is 335 g/mol. The first-order valence-corrected chi connectivity index (χ1v) is 9.03. The lowest BCUT2D eigenvalue weighted by molar-refractivity contribution is 0.0932. The van der Waals surface area contributed by atoms with Crippen LogP contribution in [0.15, 0.2) is 48.5 Å². The minimum absolute atomic E-state index is 0.0201. The number of H-pyrrole nitrogens is 1. The van der Waals surface area contributed by atoms with Gasteiger partial charge in [0.2, 0.25) is 0 Å². The number of aromatic nitrogens is 2. The van der Waals surface area contributed by atoms with E-state index in [1.807, 2.05) is 57.2 Å². The molecule has 0 aliphatic heterocycles. The fraction of sp³-hybridized carbons (Fsp3) is 0.333. The molecule has 2 N–H and O–H groups in total. The Balaban J connectivity index is 0.000000880. The zero-order valence-corrected chi connectivity index (χ0v) is 15.0. The van der Waals surface area contributed by atoms with Gasteiger partial charge in [-0.2, -0.15) is 5.10 Å². The molecule has 2 aromatic carbocycles. The summed E-state index contributed by atoms with van der Waals surface area (Å²) in [6.07, 6.45) is 2.36. The predicted molar refractivity (Wildman–Crippen MR) is 102 cm³/mol. The summed E-state index contributed by atoms with van der Waals surface area (Å²) in [6, 6.07) is 16.0. The Morgan fingerprint density at radius 3 is 2.56 bits per heavy atom. The molecule has 0 bridgehead atoms. The number of hydrogen-bond acceptors (Lipinski definition) is 2. The van der Waals surface area contributed by atoms with Crippen LogP contribution in [-0.4, -0.2) is 16.1 Å². The minimum atomic E-state index is -0.0201. The summed E-state index contributed by atoms with van der Waals surface area (Å²) >= 11 is 0. The third-order valence-electron chi connectivity index (χ3n) is 4.55. The van der Waals surface area contributed by atoms with Gasteiger partial charge in [-0.3, -0.25) is 9.89 Å². The highest BCUT2D eigenvalue weighted by Crippen LogP contribution is 2.41. The van der Waals surface area contributed by atoms with Gasteiger partial charge < -0.3 is 5.32 Å². The van der Waals surface area contributed by atoms with Gasteiger partial charge in [-0.1, -0.05) is 44.2 Å². The van der Waals surface area contributed by atoms with Crippen molar-refractivity contribution in [2.24, 2.45) is 5.92 Å². The molecule has 4 rings (SSSR count). The zero-order chi connectivity index (χ0) is 17.8. The largest absolute Gasteiger partial charge is 0.345 e. The Morgan fingerprint density at radius 2 is 1.88 bits per heavy atom. The third kappa shape index (κ3) is 3.73. The van der Waals surface area contributed by atoms with Gasteiger partial charge in [0.05, 0.1) is 11.6 Å². The standard InChI is InChI=1S/C19H19N3O.C2H6/c1-12-16-11-15(9-10-17(16)22-21-12)19(23)20-18(14-7-8-14)13-5-3-2-4-6-13;1-2/h2-6,9-11,14,18H,7-8H2,1H3,(H,20,23)(H,21,22);1-2H3. The number of amides is 1. The van der Waals surface area contributed by atoms with Crippen molar-refractivity contribution in [1.29, 1.82) is 0 Å². The van der Waals surface area contributed by atoms with Gasteiger partial charge in [-0.05, 0) is 49.4 Å². The second-order valence-corrected chi connectivity index (χ2v) is 6.28. The first-order chi connectivity index (χ1) is 12.2. The van der Waals surface area contributed by atoms with E-state index < -0.39 is 0 Å². The van der Waals surface area contributed by atoms with Gasteiger partial charge in [0.15, 0.2) is 0 Å². The molecule has 1 aliphatic rings. The van der Waals surface area contributed by atoms with Crippen LogP contribution in [0.5, 0.6) is 0 Å². The molecule has 0 spiro atoms. The van der Waals surface area contributed by atoms with E-state index in [-0.39, 0.29) is 11.9 Å². The molecule has 1 aliphatic carbocycles. The van der Waals surface area contributed by atoms with Crippen molar-refractivity contribution < 1.29 is 4.79 Å². The van der Waals surface area contributed by atoms with Gasteiger partial charge in [-0.15, -0.1) is 0 Å². The zero-order valence-electron chi connectivity index (χ0n) is 15.0. The van der Waals surface area contributed by atoms with Crippen LogP contribution in [0, 0.1) is 12.8 Å². The summed E-state index contributed by atoms with van der Waals surface area (Å²) < 4.78 is 0. The van der Waals surface area contributed by atoms with E-state index in [9.17, 15) is 4.79 Å². The molecule has 4 heteroatoms. The number of nitrogens with one attached hydrogen (secondary N) is 2. The maximum Gasteiger partial charge on any atom is 0.251 e. The van der Waals surface area contributed by atoms with E-state index in [2.05, 4.69) is 27.6 Å². The van der Waals surface area contributed by atoms with Crippen molar-refractivity contribution in [2.45, 2.75) is 39.7 Å². The van der Waals surface area contributed by atoms with E-state index in [0.29, 0.717) is 11.5 Å². The molecule has 3 aromatic rings. The molecule has 1 saturated carbocycles. The van der Waals surface area contributed by atoms with E-state index in [1.54, 1.807) is 0 Å². The number of rotatable bonds is 4. The smallest absolute Gasteiger partial charge is 0.251 e. The first-order valence-electron chi connectivity index (χ1n) is 9.03. The van der Waals surface area contributed by atoms with E-state index in [0.717, 1.165) is 16.6 Å². The molecule has 4 nitrogen and oxygen atoms in total. The van der Waals surface area contributed by atoms with Crippen LogP contribution in [0.4, 0.5) is 0 Å².